The molecule has 0 unspecified atom stereocenters. The number of carbonyl (C=O) groups excluding carboxylic acids is 1. The van der Waals surface area contributed by atoms with E-state index < -0.39 is 7.82 Å². The number of ketones is 1. The van der Waals surface area contributed by atoms with Crippen LogP contribution in [0.25, 0.3) is 0 Å². The van der Waals surface area contributed by atoms with Crippen LogP contribution in [0.4, 0.5) is 0 Å². The summed E-state index contributed by atoms with van der Waals surface area (Å²) >= 11 is 0. The van der Waals surface area contributed by atoms with Gasteiger partial charge in [-0.25, -0.2) is 4.57 Å². The van der Waals surface area contributed by atoms with Crippen LogP contribution in [0.1, 0.15) is 56.1 Å². The zero-order chi connectivity index (χ0) is 17.1. The summed E-state index contributed by atoms with van der Waals surface area (Å²) in [5, 5.41) is 0. The predicted octanol–water partition coefficient (Wildman–Crippen LogP) is 3.58. The van der Waals surface area contributed by atoms with Crippen molar-refractivity contribution in [3.8, 4) is 5.75 Å². The average Bonchev–Trinajstić information content (AvgIpc) is 2.81. The highest BCUT2D eigenvalue weighted by molar-refractivity contribution is 7.46. The van der Waals surface area contributed by atoms with Crippen molar-refractivity contribution in [3.05, 3.63) is 29.3 Å². The van der Waals surface area contributed by atoms with Crippen molar-refractivity contribution in [3.63, 3.8) is 0 Å². The highest BCUT2D eigenvalue weighted by atomic mass is 31.2. The highest BCUT2D eigenvalue weighted by Crippen LogP contribution is 2.59. The molecule has 2 fully saturated rings. The Hall–Kier alpha value is -1.16. The molecule has 6 heteroatoms. The summed E-state index contributed by atoms with van der Waals surface area (Å²) in [6, 6.07) is 5.41. The number of carbonyl (C=O) groups is 1. The van der Waals surface area contributed by atoms with Crippen LogP contribution in [-0.2, 0) is 15.8 Å². The molecular formula is C18H23O5P. The molecule has 0 aliphatic heterocycles. The number of hydrogen-bond donors (Lipinski definition) is 2. The van der Waals surface area contributed by atoms with Gasteiger partial charge in [-0.15, -0.1) is 0 Å². The second-order valence-electron chi connectivity index (χ2n) is 7.78. The summed E-state index contributed by atoms with van der Waals surface area (Å²) < 4.78 is 15.8. The maximum Gasteiger partial charge on any atom is 0.524 e. The molecular weight excluding hydrogens is 327 g/mol. The topological polar surface area (TPSA) is 83.8 Å². The zero-order valence-corrected chi connectivity index (χ0v) is 14.7. The van der Waals surface area contributed by atoms with Crippen LogP contribution in [0.5, 0.6) is 5.75 Å². The Labute approximate surface area is 141 Å². The van der Waals surface area contributed by atoms with E-state index in [1.165, 1.54) is 5.56 Å². The van der Waals surface area contributed by atoms with Crippen molar-refractivity contribution in [2.24, 2.45) is 17.3 Å². The quantitative estimate of drug-likeness (QED) is 0.797. The minimum atomic E-state index is -4.52. The molecule has 0 aromatic heterocycles. The SMILES string of the molecule is C[C@@]12CC[C@H]3c4ccc(OP(=O)(O)O)cc4CC[C@@H]3[C@@H]1CCC2=O. The van der Waals surface area contributed by atoms with Gasteiger partial charge in [-0.1, -0.05) is 13.0 Å². The molecule has 4 rings (SSSR count). The van der Waals surface area contributed by atoms with E-state index in [2.05, 4.69) is 6.92 Å². The van der Waals surface area contributed by atoms with Gasteiger partial charge in [0, 0.05) is 11.8 Å². The number of benzene rings is 1. The number of phosphoric acid groups is 1. The Kier molecular flexibility index (Phi) is 3.68. The maximum absolute atomic E-state index is 12.3. The largest absolute Gasteiger partial charge is 0.524 e. The molecule has 1 aromatic rings. The Morgan fingerprint density at radius 3 is 2.75 bits per heavy atom. The first-order valence-corrected chi connectivity index (χ1v) is 10.2. The third-order valence-electron chi connectivity index (χ3n) is 6.63. The monoisotopic (exact) mass is 350 g/mol. The number of aryl methyl sites for hydroxylation is 1. The van der Waals surface area contributed by atoms with E-state index in [4.69, 9.17) is 14.3 Å². The lowest BCUT2D eigenvalue weighted by Gasteiger charge is -2.48. The van der Waals surface area contributed by atoms with Gasteiger partial charge in [0.05, 0.1) is 0 Å². The lowest BCUT2D eigenvalue weighted by atomic mass is 9.55. The number of hydrogen-bond acceptors (Lipinski definition) is 3. The fraction of sp³-hybridized carbons (Fsp3) is 0.611. The van der Waals surface area contributed by atoms with E-state index in [0.717, 1.165) is 44.1 Å². The Morgan fingerprint density at radius 2 is 2.00 bits per heavy atom. The van der Waals surface area contributed by atoms with Crippen LogP contribution in [0, 0.1) is 17.3 Å². The summed E-state index contributed by atoms with van der Waals surface area (Å²) in [6.07, 6.45) is 5.66. The van der Waals surface area contributed by atoms with E-state index in [9.17, 15) is 9.36 Å². The van der Waals surface area contributed by atoms with Crippen LogP contribution in [0.2, 0.25) is 0 Å². The second kappa shape index (κ2) is 5.42. The van der Waals surface area contributed by atoms with Gasteiger partial charge in [-0.2, -0.15) is 0 Å². The zero-order valence-electron chi connectivity index (χ0n) is 13.8. The lowest BCUT2D eigenvalue weighted by Crippen LogP contribution is -2.42. The van der Waals surface area contributed by atoms with Crippen molar-refractivity contribution in [2.45, 2.75) is 51.4 Å². The molecule has 3 aliphatic carbocycles. The summed E-state index contributed by atoms with van der Waals surface area (Å²) in [6.45, 7) is 2.16. The Morgan fingerprint density at radius 1 is 1.21 bits per heavy atom. The number of Topliss-reactive ketones (excluding diaryl/α,β-unsaturated/α-hetero) is 1. The molecule has 0 radical (unpaired) electrons. The van der Waals surface area contributed by atoms with Crippen LogP contribution in [-0.4, -0.2) is 15.6 Å². The van der Waals surface area contributed by atoms with Crippen molar-refractivity contribution in [1.82, 2.24) is 0 Å². The van der Waals surface area contributed by atoms with Crippen LogP contribution in [0.3, 0.4) is 0 Å². The minimum Gasteiger partial charge on any atom is -0.404 e. The Balaban J connectivity index is 1.64. The lowest BCUT2D eigenvalue weighted by molar-refractivity contribution is -0.129. The fourth-order valence-corrected chi connectivity index (χ4v) is 5.91. The van der Waals surface area contributed by atoms with E-state index in [0.29, 0.717) is 23.5 Å². The second-order valence-corrected chi connectivity index (χ2v) is 8.94. The molecule has 0 saturated heterocycles. The molecule has 4 atom stereocenters. The average molecular weight is 350 g/mol. The smallest absolute Gasteiger partial charge is 0.404 e. The van der Waals surface area contributed by atoms with Crippen molar-refractivity contribution < 1.29 is 23.7 Å². The molecule has 1 aromatic carbocycles. The van der Waals surface area contributed by atoms with Crippen molar-refractivity contribution >= 4 is 13.6 Å². The first-order valence-electron chi connectivity index (χ1n) is 8.69. The first kappa shape index (κ1) is 16.3. The van der Waals surface area contributed by atoms with Gasteiger partial charge in [0.15, 0.2) is 0 Å². The van der Waals surface area contributed by atoms with Gasteiger partial charge >= 0.3 is 7.82 Å². The molecule has 5 nitrogen and oxygen atoms in total. The molecule has 130 valence electrons. The van der Waals surface area contributed by atoms with Gasteiger partial charge in [0.1, 0.15) is 11.5 Å². The van der Waals surface area contributed by atoms with E-state index in [-0.39, 0.29) is 11.2 Å². The van der Waals surface area contributed by atoms with Crippen molar-refractivity contribution in [2.75, 3.05) is 0 Å². The molecule has 24 heavy (non-hydrogen) atoms. The van der Waals surface area contributed by atoms with Gasteiger partial charge < -0.3 is 4.52 Å². The molecule has 3 aliphatic rings. The summed E-state index contributed by atoms with van der Waals surface area (Å²) in [7, 11) is -4.52. The normalized spacial score (nSPS) is 35.1. The number of rotatable bonds is 2. The van der Waals surface area contributed by atoms with E-state index >= 15 is 0 Å². The van der Waals surface area contributed by atoms with Gasteiger partial charge in [0.25, 0.3) is 0 Å². The summed E-state index contributed by atoms with van der Waals surface area (Å²) in [4.78, 5) is 30.3. The van der Waals surface area contributed by atoms with E-state index in [1.54, 1.807) is 12.1 Å². The first-order chi connectivity index (χ1) is 11.3. The molecule has 2 N–H and O–H groups in total. The fourth-order valence-electron chi connectivity index (χ4n) is 5.52. The summed E-state index contributed by atoms with van der Waals surface area (Å²) in [5.74, 6) is 2.18. The third kappa shape index (κ3) is 2.54. The molecule has 0 amide bonds. The third-order valence-corrected chi connectivity index (χ3v) is 7.08. The standard InChI is InChI=1S/C18H23O5P/c1-18-9-8-14-13-5-3-12(23-24(20,21)22)10-11(13)2-4-15(14)16(18)6-7-17(18)19/h3,5,10,14-16H,2,4,6-9H2,1H3,(H2,20,21,22)/t14-,15-,16-,18+/m0/s1. The van der Waals surface area contributed by atoms with Gasteiger partial charge in [-0.3, -0.25) is 14.6 Å². The number of phosphoric ester groups is 1. The molecule has 0 bridgehead atoms. The van der Waals surface area contributed by atoms with Crippen molar-refractivity contribution in [1.29, 1.82) is 0 Å². The molecule has 0 spiro atoms. The minimum absolute atomic E-state index is 0.123. The Bertz CT molecular complexity index is 739. The van der Waals surface area contributed by atoms with Crippen LogP contribution < -0.4 is 4.52 Å². The van der Waals surface area contributed by atoms with Gasteiger partial charge in [-0.05, 0) is 73.1 Å². The van der Waals surface area contributed by atoms with E-state index in [1.807, 2.05) is 6.07 Å². The summed E-state index contributed by atoms with van der Waals surface area (Å²) in [5.41, 5.74) is 2.29. The van der Waals surface area contributed by atoms with Crippen LogP contribution in [0.15, 0.2) is 18.2 Å². The molecule has 2 saturated carbocycles. The highest BCUT2D eigenvalue weighted by Gasteiger charge is 2.54. The predicted molar refractivity (Wildman–Crippen MR) is 88.7 cm³/mol. The maximum atomic E-state index is 12.3. The molecule has 0 heterocycles. The number of fused-ring (bicyclic) bond motifs is 5. The van der Waals surface area contributed by atoms with Gasteiger partial charge in [0.2, 0.25) is 0 Å². The van der Waals surface area contributed by atoms with Crippen LogP contribution >= 0.6 is 7.82 Å².